The van der Waals surface area contributed by atoms with Crippen LogP contribution in [0.2, 0.25) is 0 Å². The van der Waals surface area contributed by atoms with Crippen LogP contribution in [0, 0.1) is 17.3 Å². The number of rotatable bonds is 6. The molecular formula is C31H31N5O4. The first-order valence-corrected chi connectivity index (χ1v) is 13.8. The number of hydrogen-bond acceptors (Lipinski definition) is 6. The van der Waals surface area contributed by atoms with Crippen molar-refractivity contribution < 1.29 is 19.4 Å². The summed E-state index contributed by atoms with van der Waals surface area (Å²) in [5.41, 5.74) is 2.09. The lowest BCUT2D eigenvalue weighted by molar-refractivity contribution is -0.174. The van der Waals surface area contributed by atoms with Gasteiger partial charge in [-0.3, -0.25) is 9.59 Å². The molecule has 2 aromatic carbocycles. The smallest absolute Gasteiger partial charge is 0.256 e. The van der Waals surface area contributed by atoms with Crippen molar-refractivity contribution in [3.63, 3.8) is 0 Å². The number of hydrogen-bond donors (Lipinski definition) is 4. The fourth-order valence-electron chi connectivity index (χ4n) is 7.61. The first kappa shape index (κ1) is 24.8. The van der Waals surface area contributed by atoms with Gasteiger partial charge in [0.1, 0.15) is 17.4 Å². The second-order valence-electron chi connectivity index (χ2n) is 11.8. The molecule has 0 radical (unpaired) electrons. The first-order valence-electron chi connectivity index (χ1n) is 13.8. The molecule has 8 rings (SSSR count). The van der Waals surface area contributed by atoms with Crippen molar-refractivity contribution in [2.45, 2.75) is 44.1 Å². The molecule has 9 nitrogen and oxygen atoms in total. The minimum Gasteiger partial charge on any atom is -0.496 e. The minimum atomic E-state index is -0.691. The molecule has 1 unspecified atom stereocenters. The van der Waals surface area contributed by atoms with Gasteiger partial charge in [-0.2, -0.15) is 0 Å². The highest BCUT2D eigenvalue weighted by Crippen LogP contribution is 2.61. The zero-order chi connectivity index (χ0) is 27.5. The van der Waals surface area contributed by atoms with E-state index < -0.39 is 11.0 Å². The van der Waals surface area contributed by atoms with E-state index in [1.165, 1.54) is 0 Å². The summed E-state index contributed by atoms with van der Waals surface area (Å²) in [5.74, 6) is 2.23. The number of H-pyrrole nitrogens is 1. The first-order chi connectivity index (χ1) is 19.3. The Morgan fingerprint density at radius 3 is 2.58 bits per heavy atom. The van der Waals surface area contributed by atoms with Crippen molar-refractivity contribution >= 4 is 34.4 Å². The maximum Gasteiger partial charge on any atom is 0.256 e. The molecular weight excluding hydrogens is 506 g/mol. The number of fused-ring (bicyclic) bond motifs is 1. The summed E-state index contributed by atoms with van der Waals surface area (Å²) in [6.45, 7) is 0. The number of nitrogens with zero attached hydrogens (tertiary/aromatic N) is 2. The Kier molecular flexibility index (Phi) is 5.67. The number of aromatic nitrogens is 3. The Balaban J connectivity index is 1.11. The Morgan fingerprint density at radius 2 is 1.85 bits per heavy atom. The van der Waals surface area contributed by atoms with Crippen molar-refractivity contribution in [3.8, 4) is 17.1 Å². The molecule has 2 heterocycles. The summed E-state index contributed by atoms with van der Waals surface area (Å²) in [5, 5.41) is 17.0. The lowest BCUT2D eigenvalue weighted by Crippen LogP contribution is -2.59. The second kappa shape index (κ2) is 9.16. The molecule has 0 spiro atoms. The predicted molar refractivity (Wildman–Crippen MR) is 151 cm³/mol. The van der Waals surface area contributed by atoms with Gasteiger partial charge < -0.3 is 25.5 Å². The van der Waals surface area contributed by atoms with Gasteiger partial charge in [0.05, 0.1) is 34.7 Å². The highest BCUT2D eigenvalue weighted by Gasteiger charge is 2.60. The van der Waals surface area contributed by atoms with Gasteiger partial charge >= 0.3 is 0 Å². The van der Waals surface area contributed by atoms with E-state index >= 15 is 0 Å². The van der Waals surface area contributed by atoms with Crippen LogP contribution in [0.4, 0.5) is 11.5 Å². The molecule has 2 aromatic heterocycles. The molecule has 0 aliphatic heterocycles. The fraction of sp³-hybridized carbons (Fsp3) is 0.355. The molecule has 4 aromatic rings. The van der Waals surface area contributed by atoms with Crippen LogP contribution in [0.1, 0.15) is 48.9 Å². The minimum absolute atomic E-state index is 0.00456. The lowest BCUT2D eigenvalue weighted by Gasteiger charge is -2.59. The Bertz CT molecular complexity index is 1620. The quantitative estimate of drug-likeness (QED) is 0.269. The molecule has 4 atom stereocenters. The van der Waals surface area contributed by atoms with Gasteiger partial charge in [-0.1, -0.05) is 6.07 Å². The van der Waals surface area contributed by atoms with Crippen LogP contribution >= 0.6 is 0 Å². The molecule has 4 aliphatic rings. The maximum absolute atomic E-state index is 13.6. The number of pyridine rings is 1. The third kappa shape index (κ3) is 4.30. The third-order valence-electron chi connectivity index (χ3n) is 8.88. The monoisotopic (exact) mass is 537 g/mol. The molecule has 204 valence electrons. The maximum atomic E-state index is 13.6. The normalized spacial score (nSPS) is 26.6. The highest BCUT2D eigenvalue weighted by atomic mass is 16.5. The number of aromatic amines is 1. The molecule has 2 amide bonds. The molecule has 0 saturated heterocycles. The van der Waals surface area contributed by atoms with Crippen LogP contribution in [0.15, 0.2) is 60.8 Å². The van der Waals surface area contributed by atoms with E-state index in [0.29, 0.717) is 52.4 Å². The van der Waals surface area contributed by atoms with E-state index in [0.717, 1.165) is 43.2 Å². The van der Waals surface area contributed by atoms with Crippen LogP contribution < -0.4 is 15.4 Å². The van der Waals surface area contributed by atoms with Gasteiger partial charge in [0.2, 0.25) is 5.91 Å². The summed E-state index contributed by atoms with van der Waals surface area (Å²) in [6, 6.07) is 16.1. The molecule has 9 heteroatoms. The van der Waals surface area contributed by atoms with Gasteiger partial charge in [0.25, 0.3) is 5.91 Å². The number of nitrogens with one attached hydrogen (secondary N) is 3. The van der Waals surface area contributed by atoms with Crippen LogP contribution in [-0.2, 0) is 4.79 Å². The molecule has 4 bridgehead atoms. The van der Waals surface area contributed by atoms with Crippen LogP contribution in [-0.4, -0.2) is 44.6 Å². The van der Waals surface area contributed by atoms with Crippen molar-refractivity contribution in [1.82, 2.24) is 15.0 Å². The summed E-state index contributed by atoms with van der Waals surface area (Å²) >= 11 is 0. The molecule has 4 aliphatic carbocycles. The zero-order valence-electron chi connectivity index (χ0n) is 22.2. The third-order valence-corrected chi connectivity index (χ3v) is 8.88. The number of carbonyl (C=O) groups is 2. The van der Waals surface area contributed by atoms with Gasteiger partial charge in [-0.25, -0.2) is 9.97 Å². The number of imidazole rings is 1. The van der Waals surface area contributed by atoms with Crippen LogP contribution in [0.25, 0.3) is 22.4 Å². The summed E-state index contributed by atoms with van der Waals surface area (Å²) < 4.78 is 5.69. The zero-order valence-corrected chi connectivity index (χ0v) is 22.2. The van der Waals surface area contributed by atoms with E-state index in [2.05, 4.69) is 20.6 Å². The van der Waals surface area contributed by atoms with E-state index in [1.54, 1.807) is 43.6 Å². The number of amides is 2. The number of methoxy groups -OCH3 is 1. The van der Waals surface area contributed by atoms with Crippen LogP contribution in [0.3, 0.4) is 0 Å². The average Bonchev–Trinajstić information content (AvgIpc) is 3.35. The SMILES string of the molecule is COc1cc(NC(=O)C23C[C@H]4C[C@@H](C2)C[C@](O)(C4)C3)ccc1-c1nc2cc(C(=O)Nc3ccccn3)ccc2[nH]1. The number of aliphatic hydroxyl groups is 1. The van der Waals surface area contributed by atoms with Crippen molar-refractivity contribution in [3.05, 3.63) is 66.4 Å². The average molecular weight is 538 g/mol. The molecule has 4 saturated carbocycles. The van der Waals surface area contributed by atoms with E-state index in [9.17, 15) is 14.7 Å². The summed E-state index contributed by atoms with van der Waals surface area (Å²) in [4.78, 5) is 38.5. The number of benzene rings is 2. The van der Waals surface area contributed by atoms with E-state index in [4.69, 9.17) is 9.72 Å². The Labute approximate surface area is 231 Å². The largest absolute Gasteiger partial charge is 0.496 e. The standard InChI is InChI=1S/C31H31N5O4/c1-40-25-12-21(33-29(38)30-13-18-10-19(14-30)16-31(39,15-18)17-30)6-7-22(25)27-34-23-8-5-20(11-24(23)35-27)28(37)36-26-4-2-3-9-32-26/h2-9,11-12,18-19,39H,10,13-17H2,1H3,(H,33,38)(H,34,35)(H,32,36,37)/t18-,19+,30?,31-. The van der Waals surface area contributed by atoms with Gasteiger partial charge in [-0.15, -0.1) is 0 Å². The number of ether oxygens (including phenoxy) is 1. The highest BCUT2D eigenvalue weighted by molar-refractivity contribution is 6.05. The van der Waals surface area contributed by atoms with Crippen LogP contribution in [0.5, 0.6) is 5.75 Å². The summed E-state index contributed by atoms with van der Waals surface area (Å²) in [6.07, 6.45) is 6.67. The molecule has 4 N–H and O–H groups in total. The van der Waals surface area contributed by atoms with Gasteiger partial charge in [-0.05, 0) is 92.8 Å². The molecule has 4 fully saturated rings. The second-order valence-corrected chi connectivity index (χ2v) is 11.8. The Morgan fingerprint density at radius 1 is 1.02 bits per heavy atom. The topological polar surface area (TPSA) is 129 Å². The predicted octanol–water partition coefficient (Wildman–Crippen LogP) is 5.16. The van der Waals surface area contributed by atoms with Crippen molar-refractivity contribution in [1.29, 1.82) is 0 Å². The van der Waals surface area contributed by atoms with Crippen molar-refractivity contribution in [2.24, 2.45) is 17.3 Å². The molecule has 40 heavy (non-hydrogen) atoms. The van der Waals surface area contributed by atoms with Gasteiger partial charge in [0, 0.05) is 23.5 Å². The lowest BCUT2D eigenvalue weighted by atomic mass is 9.47. The van der Waals surface area contributed by atoms with Gasteiger partial charge in [0.15, 0.2) is 0 Å². The van der Waals surface area contributed by atoms with E-state index in [1.807, 2.05) is 24.3 Å². The number of carbonyl (C=O) groups excluding carboxylic acids is 2. The van der Waals surface area contributed by atoms with E-state index in [-0.39, 0.29) is 11.8 Å². The Hall–Kier alpha value is -4.24. The fourth-order valence-corrected chi connectivity index (χ4v) is 7.61. The number of anilines is 2. The summed E-state index contributed by atoms with van der Waals surface area (Å²) in [7, 11) is 1.59. The van der Waals surface area contributed by atoms with Crippen molar-refractivity contribution in [2.75, 3.05) is 17.7 Å².